The molecule has 1 N–H and O–H groups in total. The van der Waals surface area contributed by atoms with Crippen LogP contribution in [0.1, 0.15) is 13.8 Å². The Morgan fingerprint density at radius 1 is 1.56 bits per heavy atom. The smallest absolute Gasteiger partial charge is 0.323 e. The Morgan fingerprint density at radius 3 is 2.72 bits per heavy atom. The van der Waals surface area contributed by atoms with E-state index in [4.69, 9.17) is 9.84 Å². The van der Waals surface area contributed by atoms with Gasteiger partial charge in [-0.2, -0.15) is 0 Å². The third-order valence-electron chi connectivity index (χ3n) is 2.82. The van der Waals surface area contributed by atoms with E-state index in [0.717, 1.165) is 0 Å². The zero-order chi connectivity index (χ0) is 13.8. The van der Waals surface area contributed by atoms with Crippen molar-refractivity contribution in [2.75, 3.05) is 32.8 Å². The zero-order valence-corrected chi connectivity index (χ0v) is 10.9. The normalized spacial score (nSPS) is 18.2. The first-order valence-corrected chi connectivity index (χ1v) is 5.85. The second-order valence-electron chi connectivity index (χ2n) is 4.86. The fourth-order valence-electron chi connectivity index (χ4n) is 1.91. The van der Waals surface area contributed by atoms with Crippen molar-refractivity contribution in [1.29, 1.82) is 0 Å². The number of morpholine rings is 1. The van der Waals surface area contributed by atoms with Gasteiger partial charge in [0.25, 0.3) is 0 Å². The van der Waals surface area contributed by atoms with Gasteiger partial charge in [0.15, 0.2) is 0 Å². The lowest BCUT2D eigenvalue weighted by Crippen LogP contribution is -2.59. The van der Waals surface area contributed by atoms with Crippen LogP contribution in [-0.2, 0) is 9.53 Å². The van der Waals surface area contributed by atoms with E-state index >= 15 is 0 Å². The number of hydrogen-bond acceptors (Lipinski definition) is 3. The molecule has 1 saturated heterocycles. The molecule has 1 aliphatic rings. The molecule has 6 heteroatoms. The van der Waals surface area contributed by atoms with Gasteiger partial charge in [-0.1, -0.05) is 6.08 Å². The molecule has 0 saturated carbocycles. The molecule has 0 aromatic heterocycles. The van der Waals surface area contributed by atoms with Gasteiger partial charge in [0.2, 0.25) is 0 Å². The number of hydrogen-bond donors (Lipinski definition) is 1. The summed E-state index contributed by atoms with van der Waals surface area (Å²) in [6.07, 6.45) is 1.52. The Bertz CT molecular complexity index is 341. The molecule has 0 spiro atoms. The van der Waals surface area contributed by atoms with Gasteiger partial charge in [-0.3, -0.25) is 4.79 Å². The van der Waals surface area contributed by atoms with Crippen LogP contribution in [-0.4, -0.2) is 65.3 Å². The number of urea groups is 1. The first-order chi connectivity index (χ1) is 8.38. The maximum atomic E-state index is 12.3. The molecule has 0 aliphatic carbocycles. The van der Waals surface area contributed by atoms with E-state index in [1.807, 2.05) is 13.8 Å². The van der Waals surface area contributed by atoms with Crippen molar-refractivity contribution in [1.82, 2.24) is 9.80 Å². The van der Waals surface area contributed by atoms with Crippen molar-refractivity contribution in [3.05, 3.63) is 12.7 Å². The molecule has 1 aliphatic heterocycles. The van der Waals surface area contributed by atoms with Gasteiger partial charge in [0.05, 0.1) is 18.8 Å². The zero-order valence-electron chi connectivity index (χ0n) is 10.9. The highest BCUT2D eigenvalue weighted by molar-refractivity contribution is 5.81. The van der Waals surface area contributed by atoms with E-state index in [-0.39, 0.29) is 19.1 Å². The molecule has 0 aromatic rings. The van der Waals surface area contributed by atoms with Crippen LogP contribution in [0, 0.1) is 0 Å². The summed E-state index contributed by atoms with van der Waals surface area (Å²) in [7, 11) is 0. The van der Waals surface area contributed by atoms with Gasteiger partial charge in [0, 0.05) is 13.1 Å². The predicted octanol–water partition coefficient (Wildman–Crippen LogP) is 0.790. The molecule has 1 fully saturated rings. The summed E-state index contributed by atoms with van der Waals surface area (Å²) in [4.78, 5) is 26.0. The fraction of sp³-hybridized carbons (Fsp3) is 0.667. The molecule has 2 amide bonds. The number of carbonyl (C=O) groups is 2. The van der Waals surface area contributed by atoms with Crippen LogP contribution in [0.4, 0.5) is 4.79 Å². The van der Waals surface area contributed by atoms with Crippen molar-refractivity contribution in [3.8, 4) is 0 Å². The van der Waals surface area contributed by atoms with Crippen LogP contribution in [0.25, 0.3) is 0 Å². The number of carboxylic acid groups (broad SMARTS) is 1. The summed E-state index contributed by atoms with van der Waals surface area (Å²) >= 11 is 0. The van der Waals surface area contributed by atoms with Crippen LogP contribution in [0.2, 0.25) is 0 Å². The number of nitrogens with zero attached hydrogens (tertiary/aromatic N) is 2. The molecule has 1 heterocycles. The lowest BCUT2D eigenvalue weighted by molar-refractivity contribution is -0.137. The van der Waals surface area contributed by atoms with Gasteiger partial charge >= 0.3 is 12.0 Å². The van der Waals surface area contributed by atoms with Crippen molar-refractivity contribution >= 4 is 12.0 Å². The lowest BCUT2D eigenvalue weighted by Gasteiger charge is -2.43. The van der Waals surface area contributed by atoms with E-state index in [1.165, 1.54) is 11.0 Å². The minimum Gasteiger partial charge on any atom is -0.480 e. The molecule has 18 heavy (non-hydrogen) atoms. The summed E-state index contributed by atoms with van der Waals surface area (Å²) in [6, 6.07) is -0.286. The quantitative estimate of drug-likeness (QED) is 0.755. The Hall–Kier alpha value is -1.56. The highest BCUT2D eigenvalue weighted by Gasteiger charge is 2.36. The van der Waals surface area contributed by atoms with Crippen LogP contribution in [0.3, 0.4) is 0 Å². The largest absolute Gasteiger partial charge is 0.480 e. The van der Waals surface area contributed by atoms with Crippen molar-refractivity contribution < 1.29 is 19.4 Å². The van der Waals surface area contributed by atoms with Crippen molar-refractivity contribution in [2.24, 2.45) is 0 Å². The summed E-state index contributed by atoms with van der Waals surface area (Å²) in [5.74, 6) is -1.03. The van der Waals surface area contributed by atoms with Gasteiger partial charge < -0.3 is 19.6 Å². The Balaban J connectivity index is 2.80. The number of carboxylic acids is 1. The maximum Gasteiger partial charge on any atom is 0.323 e. The average Bonchev–Trinajstić information content (AvgIpc) is 2.26. The van der Waals surface area contributed by atoms with E-state index < -0.39 is 11.5 Å². The highest BCUT2D eigenvalue weighted by Crippen LogP contribution is 2.20. The molecule has 1 rings (SSSR count). The van der Waals surface area contributed by atoms with Crippen molar-refractivity contribution in [2.45, 2.75) is 19.4 Å². The van der Waals surface area contributed by atoms with Gasteiger partial charge in [0.1, 0.15) is 6.54 Å². The topological polar surface area (TPSA) is 70.1 Å². The number of ether oxygens (including phenoxy) is 1. The number of aliphatic carboxylic acids is 1. The molecule has 0 atom stereocenters. The highest BCUT2D eigenvalue weighted by atomic mass is 16.5. The molecule has 0 unspecified atom stereocenters. The lowest BCUT2D eigenvalue weighted by atomic mass is 10.0. The van der Waals surface area contributed by atoms with Crippen LogP contribution in [0.5, 0.6) is 0 Å². The maximum absolute atomic E-state index is 12.3. The monoisotopic (exact) mass is 256 g/mol. The Kier molecular flexibility index (Phi) is 4.72. The average molecular weight is 256 g/mol. The third kappa shape index (κ3) is 3.46. The first-order valence-electron chi connectivity index (χ1n) is 5.85. The Morgan fingerprint density at radius 2 is 2.22 bits per heavy atom. The van der Waals surface area contributed by atoms with E-state index in [1.54, 1.807) is 4.90 Å². The molecule has 102 valence electrons. The molecular weight excluding hydrogens is 236 g/mol. The molecule has 6 nitrogen and oxygen atoms in total. The standard InChI is InChI=1S/C12H20N2O4/c1-4-5-13(8-10(15)16)11(17)14-6-7-18-9-12(14,2)3/h4H,1,5-9H2,2-3H3,(H,15,16). The van der Waals surface area contributed by atoms with Gasteiger partial charge in [-0.15, -0.1) is 6.58 Å². The molecule has 0 bridgehead atoms. The van der Waals surface area contributed by atoms with Gasteiger partial charge in [-0.05, 0) is 13.8 Å². The summed E-state index contributed by atoms with van der Waals surface area (Å²) in [6.45, 7) is 8.64. The van der Waals surface area contributed by atoms with E-state index in [2.05, 4.69) is 6.58 Å². The van der Waals surface area contributed by atoms with E-state index in [9.17, 15) is 9.59 Å². The van der Waals surface area contributed by atoms with Crippen LogP contribution < -0.4 is 0 Å². The predicted molar refractivity (Wildman–Crippen MR) is 66.4 cm³/mol. The summed E-state index contributed by atoms with van der Waals surface area (Å²) < 4.78 is 5.34. The van der Waals surface area contributed by atoms with Crippen LogP contribution >= 0.6 is 0 Å². The number of carbonyl (C=O) groups excluding carboxylic acids is 1. The minimum atomic E-state index is -1.03. The Labute approximate surface area is 107 Å². The minimum absolute atomic E-state index is 0.221. The first kappa shape index (κ1) is 14.5. The van der Waals surface area contributed by atoms with Crippen molar-refractivity contribution in [3.63, 3.8) is 0 Å². The van der Waals surface area contributed by atoms with Gasteiger partial charge in [-0.25, -0.2) is 4.79 Å². The molecular formula is C12H20N2O4. The third-order valence-corrected chi connectivity index (χ3v) is 2.82. The van der Waals surface area contributed by atoms with Crippen LogP contribution in [0.15, 0.2) is 12.7 Å². The SMILES string of the molecule is C=CCN(CC(=O)O)C(=O)N1CCOCC1(C)C. The fourth-order valence-corrected chi connectivity index (χ4v) is 1.91. The van der Waals surface area contributed by atoms with E-state index in [0.29, 0.717) is 19.8 Å². The molecule has 0 radical (unpaired) electrons. The number of rotatable bonds is 4. The number of amides is 2. The summed E-state index contributed by atoms with van der Waals surface area (Å²) in [5.41, 5.74) is -0.423. The summed E-state index contributed by atoms with van der Waals surface area (Å²) in [5, 5.41) is 8.82. The molecule has 0 aromatic carbocycles. The second kappa shape index (κ2) is 5.86. The second-order valence-corrected chi connectivity index (χ2v) is 4.86.